The quantitative estimate of drug-likeness (QED) is 0.872. The lowest BCUT2D eigenvalue weighted by Crippen LogP contribution is -2.34. The van der Waals surface area contributed by atoms with Gasteiger partial charge in [0.2, 0.25) is 5.91 Å². The summed E-state index contributed by atoms with van der Waals surface area (Å²) < 4.78 is 0. The van der Waals surface area contributed by atoms with E-state index in [4.69, 9.17) is 0 Å². The molecule has 1 amide bonds. The third kappa shape index (κ3) is 2.82. The first-order chi connectivity index (χ1) is 11.7. The molecule has 0 saturated carbocycles. The molecule has 0 radical (unpaired) electrons. The molecule has 2 aliphatic heterocycles. The van der Waals surface area contributed by atoms with Crippen molar-refractivity contribution in [1.82, 2.24) is 14.8 Å². The molecule has 0 bridgehead atoms. The Kier molecular flexibility index (Phi) is 4.07. The van der Waals surface area contributed by atoms with Gasteiger partial charge in [-0.3, -0.25) is 14.7 Å². The van der Waals surface area contributed by atoms with E-state index in [1.165, 1.54) is 11.1 Å². The van der Waals surface area contributed by atoms with Crippen LogP contribution in [-0.2, 0) is 11.3 Å². The minimum absolute atomic E-state index is 0.193. The van der Waals surface area contributed by atoms with Gasteiger partial charge in [-0.25, -0.2) is 0 Å². The van der Waals surface area contributed by atoms with Crippen molar-refractivity contribution in [3.63, 3.8) is 0 Å². The topological polar surface area (TPSA) is 36.4 Å². The molecule has 2 aliphatic rings. The monoisotopic (exact) mass is 321 g/mol. The van der Waals surface area contributed by atoms with E-state index >= 15 is 0 Å². The van der Waals surface area contributed by atoms with Crippen LogP contribution in [0, 0.1) is 11.8 Å². The van der Waals surface area contributed by atoms with E-state index < -0.39 is 0 Å². The number of hydrogen-bond acceptors (Lipinski definition) is 3. The number of carbonyl (C=O) groups is 1. The third-order valence-electron chi connectivity index (χ3n) is 5.44. The smallest absolute Gasteiger partial charge is 0.219 e. The molecule has 4 nitrogen and oxygen atoms in total. The van der Waals surface area contributed by atoms with E-state index in [0.717, 1.165) is 26.2 Å². The summed E-state index contributed by atoms with van der Waals surface area (Å²) in [6, 6.07) is 14.9. The van der Waals surface area contributed by atoms with Crippen LogP contribution >= 0.6 is 0 Å². The summed E-state index contributed by atoms with van der Waals surface area (Å²) in [5, 5.41) is 0. The van der Waals surface area contributed by atoms with Crippen molar-refractivity contribution in [3.05, 3.63) is 66.0 Å². The van der Waals surface area contributed by atoms with Crippen molar-refractivity contribution in [2.45, 2.75) is 19.5 Å². The lowest BCUT2D eigenvalue weighted by atomic mass is 9.89. The number of benzene rings is 1. The summed E-state index contributed by atoms with van der Waals surface area (Å²) in [7, 11) is 0. The van der Waals surface area contributed by atoms with E-state index in [1.807, 2.05) is 18.5 Å². The van der Waals surface area contributed by atoms with Gasteiger partial charge >= 0.3 is 0 Å². The standard InChI is InChI=1S/C20H23N3O/c1-15(24)23-13-18-12-22(11-16-7-9-21-10-8-16)14-19(18)20(23)17-5-3-2-4-6-17/h2-10,18-20H,11-14H2,1H3/t18-,19-,20+/m1/s1. The first-order valence-corrected chi connectivity index (χ1v) is 8.66. The summed E-state index contributed by atoms with van der Waals surface area (Å²) in [6.07, 6.45) is 3.72. The van der Waals surface area contributed by atoms with Crippen molar-refractivity contribution >= 4 is 5.91 Å². The van der Waals surface area contributed by atoms with Gasteiger partial charge in [-0.1, -0.05) is 30.3 Å². The summed E-state index contributed by atoms with van der Waals surface area (Å²) in [5.74, 6) is 1.29. The average molecular weight is 321 g/mol. The fraction of sp³-hybridized carbons (Fsp3) is 0.400. The predicted octanol–water partition coefficient (Wildman–Crippen LogP) is 2.73. The highest BCUT2D eigenvalue weighted by molar-refractivity contribution is 5.74. The van der Waals surface area contributed by atoms with Crippen LogP contribution < -0.4 is 0 Å². The number of pyridine rings is 1. The zero-order valence-electron chi connectivity index (χ0n) is 14.0. The first-order valence-electron chi connectivity index (χ1n) is 8.66. The maximum atomic E-state index is 12.1. The van der Waals surface area contributed by atoms with E-state index in [-0.39, 0.29) is 11.9 Å². The zero-order chi connectivity index (χ0) is 16.5. The maximum absolute atomic E-state index is 12.1. The van der Waals surface area contributed by atoms with E-state index in [2.05, 4.69) is 51.2 Å². The van der Waals surface area contributed by atoms with Crippen LogP contribution in [-0.4, -0.2) is 40.3 Å². The van der Waals surface area contributed by atoms with Crippen LogP contribution in [0.25, 0.3) is 0 Å². The average Bonchev–Trinajstić information content (AvgIpc) is 3.13. The molecule has 1 aromatic heterocycles. The van der Waals surface area contributed by atoms with E-state index in [1.54, 1.807) is 6.92 Å². The Hall–Kier alpha value is -2.20. The SMILES string of the molecule is CC(=O)N1C[C@H]2CN(Cc3ccncc3)C[C@H]2[C@@H]1c1ccccc1. The van der Waals surface area contributed by atoms with Crippen LogP contribution in [0.15, 0.2) is 54.9 Å². The molecule has 0 unspecified atom stereocenters. The van der Waals surface area contributed by atoms with Crippen LogP contribution in [0.1, 0.15) is 24.1 Å². The van der Waals surface area contributed by atoms with Gasteiger partial charge in [0.25, 0.3) is 0 Å². The number of likely N-dealkylation sites (tertiary alicyclic amines) is 2. The summed E-state index contributed by atoms with van der Waals surface area (Å²) in [6.45, 7) is 5.67. The third-order valence-corrected chi connectivity index (χ3v) is 5.44. The number of carbonyl (C=O) groups excluding carboxylic acids is 1. The second kappa shape index (κ2) is 6.36. The fourth-order valence-corrected chi connectivity index (χ4v) is 4.41. The molecule has 2 fully saturated rings. The molecule has 2 saturated heterocycles. The van der Waals surface area contributed by atoms with E-state index in [0.29, 0.717) is 11.8 Å². The highest BCUT2D eigenvalue weighted by Crippen LogP contribution is 2.45. The molecule has 4 heteroatoms. The Morgan fingerprint density at radius 1 is 1.08 bits per heavy atom. The Bertz CT molecular complexity index is 703. The lowest BCUT2D eigenvalue weighted by Gasteiger charge is -2.29. The molecule has 0 spiro atoms. The van der Waals surface area contributed by atoms with Crippen LogP contribution in [0.2, 0.25) is 0 Å². The molecule has 2 aromatic rings. The van der Waals surface area contributed by atoms with Crippen molar-refractivity contribution in [1.29, 1.82) is 0 Å². The van der Waals surface area contributed by atoms with Crippen molar-refractivity contribution < 1.29 is 4.79 Å². The number of amides is 1. The van der Waals surface area contributed by atoms with Crippen molar-refractivity contribution in [3.8, 4) is 0 Å². The Balaban J connectivity index is 1.54. The van der Waals surface area contributed by atoms with Gasteiger partial charge in [0.1, 0.15) is 0 Å². The maximum Gasteiger partial charge on any atom is 0.219 e. The first kappa shape index (κ1) is 15.3. The van der Waals surface area contributed by atoms with Crippen molar-refractivity contribution in [2.24, 2.45) is 11.8 Å². The molecule has 4 rings (SSSR count). The van der Waals surface area contributed by atoms with E-state index in [9.17, 15) is 4.79 Å². The highest BCUT2D eigenvalue weighted by atomic mass is 16.2. The van der Waals surface area contributed by atoms with Gasteiger partial charge in [-0.2, -0.15) is 0 Å². The molecule has 1 aromatic carbocycles. The molecular formula is C20H23N3O. The molecule has 124 valence electrons. The summed E-state index contributed by atoms with van der Waals surface area (Å²) in [4.78, 5) is 20.8. The number of hydrogen-bond donors (Lipinski definition) is 0. The number of rotatable bonds is 3. The van der Waals surface area contributed by atoms with Gasteiger partial charge in [0.15, 0.2) is 0 Å². The largest absolute Gasteiger partial charge is 0.335 e. The number of fused-ring (bicyclic) bond motifs is 1. The van der Waals surface area contributed by atoms with Gasteiger partial charge in [-0.15, -0.1) is 0 Å². The Morgan fingerprint density at radius 2 is 1.83 bits per heavy atom. The molecule has 0 aliphatic carbocycles. The summed E-state index contributed by atoms with van der Waals surface area (Å²) >= 11 is 0. The lowest BCUT2D eigenvalue weighted by molar-refractivity contribution is -0.130. The van der Waals surface area contributed by atoms with Gasteiger partial charge in [0.05, 0.1) is 6.04 Å². The van der Waals surface area contributed by atoms with Crippen LogP contribution in [0.4, 0.5) is 0 Å². The second-order valence-electron chi connectivity index (χ2n) is 7.00. The molecule has 3 heterocycles. The minimum atomic E-state index is 0.193. The summed E-state index contributed by atoms with van der Waals surface area (Å²) in [5.41, 5.74) is 2.58. The zero-order valence-corrected chi connectivity index (χ0v) is 14.0. The predicted molar refractivity (Wildman–Crippen MR) is 93.1 cm³/mol. The molecule has 3 atom stereocenters. The van der Waals surface area contributed by atoms with Crippen LogP contribution in [0.3, 0.4) is 0 Å². The normalized spacial score (nSPS) is 26.5. The highest BCUT2D eigenvalue weighted by Gasteiger charge is 2.48. The Morgan fingerprint density at radius 3 is 2.54 bits per heavy atom. The van der Waals surface area contributed by atoms with Gasteiger partial charge in [0, 0.05) is 51.4 Å². The van der Waals surface area contributed by atoms with Gasteiger partial charge in [-0.05, 0) is 29.2 Å². The fourth-order valence-electron chi connectivity index (χ4n) is 4.41. The van der Waals surface area contributed by atoms with Crippen LogP contribution in [0.5, 0.6) is 0 Å². The minimum Gasteiger partial charge on any atom is -0.335 e. The molecule has 0 N–H and O–H groups in total. The van der Waals surface area contributed by atoms with Gasteiger partial charge < -0.3 is 4.90 Å². The number of aromatic nitrogens is 1. The molecule has 24 heavy (non-hydrogen) atoms. The number of nitrogens with zero attached hydrogens (tertiary/aromatic N) is 3. The Labute approximate surface area is 143 Å². The van der Waals surface area contributed by atoms with Crippen molar-refractivity contribution in [2.75, 3.05) is 19.6 Å². The molecular weight excluding hydrogens is 298 g/mol. The second-order valence-corrected chi connectivity index (χ2v) is 7.00.